The third-order valence-electron chi connectivity index (χ3n) is 3.18. The summed E-state index contributed by atoms with van der Waals surface area (Å²) in [6, 6.07) is 10.2. The second-order valence-corrected chi connectivity index (χ2v) is 4.82. The van der Waals surface area contributed by atoms with Crippen LogP contribution in [0.15, 0.2) is 41.5 Å². The van der Waals surface area contributed by atoms with E-state index in [-0.39, 0.29) is 24.0 Å². The van der Waals surface area contributed by atoms with Crippen molar-refractivity contribution >= 4 is 29.9 Å². The molecule has 0 atom stereocenters. The molecule has 0 radical (unpaired) electrons. The molecule has 0 unspecified atom stereocenters. The molecule has 3 N–H and O–H groups in total. The van der Waals surface area contributed by atoms with E-state index in [1.807, 2.05) is 24.4 Å². The van der Waals surface area contributed by atoms with Gasteiger partial charge < -0.3 is 15.6 Å². The number of H-pyrrole nitrogens is 1. The molecule has 120 valence electrons. The largest absolute Gasteiger partial charge is 0.356 e. The Kier molecular flexibility index (Phi) is 8.57. The number of aromatic nitrogens is 2. The minimum atomic E-state index is 0. The molecule has 6 heteroatoms. The van der Waals surface area contributed by atoms with Gasteiger partial charge in [0.25, 0.3) is 0 Å². The average molecular weight is 413 g/mol. The lowest BCUT2D eigenvalue weighted by molar-refractivity contribution is 0.722. The zero-order chi connectivity index (χ0) is 14.9. The minimum absolute atomic E-state index is 0. The molecule has 0 aliphatic heterocycles. The van der Waals surface area contributed by atoms with Gasteiger partial charge in [-0.15, -0.1) is 24.0 Å². The molecule has 0 amide bonds. The SMILES string of the molecule is CCCCNC(=NC)NCc1ncc(-c2ccccc2)[nH]1.I. The maximum atomic E-state index is 4.39. The number of hydrogen-bond acceptors (Lipinski definition) is 2. The number of guanidine groups is 1. The second-order valence-electron chi connectivity index (χ2n) is 4.82. The van der Waals surface area contributed by atoms with Crippen molar-refractivity contribution in [1.82, 2.24) is 20.6 Å². The average Bonchev–Trinajstić information content (AvgIpc) is 3.00. The minimum Gasteiger partial charge on any atom is -0.356 e. The predicted molar refractivity (Wildman–Crippen MR) is 103 cm³/mol. The molecule has 0 fully saturated rings. The van der Waals surface area contributed by atoms with Gasteiger partial charge in [-0.3, -0.25) is 4.99 Å². The molecule has 1 aromatic heterocycles. The first-order valence-corrected chi connectivity index (χ1v) is 7.37. The van der Waals surface area contributed by atoms with E-state index >= 15 is 0 Å². The summed E-state index contributed by atoms with van der Waals surface area (Å²) >= 11 is 0. The Bertz CT molecular complexity index is 565. The number of imidazole rings is 1. The van der Waals surface area contributed by atoms with Gasteiger partial charge in [0.15, 0.2) is 5.96 Å². The van der Waals surface area contributed by atoms with Crippen molar-refractivity contribution in [3.05, 3.63) is 42.4 Å². The fraction of sp³-hybridized carbons (Fsp3) is 0.375. The van der Waals surface area contributed by atoms with Crippen LogP contribution in [0.2, 0.25) is 0 Å². The van der Waals surface area contributed by atoms with Crippen LogP contribution in [0.25, 0.3) is 11.3 Å². The number of nitrogens with zero attached hydrogens (tertiary/aromatic N) is 2. The first-order valence-electron chi connectivity index (χ1n) is 7.37. The van der Waals surface area contributed by atoms with Crippen LogP contribution in [0.4, 0.5) is 0 Å². The molecule has 0 saturated carbocycles. The molecule has 2 aromatic rings. The summed E-state index contributed by atoms with van der Waals surface area (Å²) in [5, 5.41) is 6.53. The fourth-order valence-electron chi connectivity index (χ4n) is 1.99. The van der Waals surface area contributed by atoms with Crippen LogP contribution >= 0.6 is 24.0 Å². The first kappa shape index (κ1) is 18.5. The van der Waals surface area contributed by atoms with Crippen molar-refractivity contribution in [2.75, 3.05) is 13.6 Å². The Morgan fingerprint density at radius 3 is 2.68 bits per heavy atom. The van der Waals surface area contributed by atoms with E-state index in [9.17, 15) is 0 Å². The van der Waals surface area contributed by atoms with Gasteiger partial charge in [-0.2, -0.15) is 0 Å². The van der Waals surface area contributed by atoms with E-state index < -0.39 is 0 Å². The highest BCUT2D eigenvalue weighted by atomic mass is 127. The molecule has 5 nitrogen and oxygen atoms in total. The molecule has 0 spiro atoms. The van der Waals surface area contributed by atoms with Gasteiger partial charge in [0.1, 0.15) is 5.82 Å². The Hall–Kier alpha value is -1.57. The molecule has 1 aromatic carbocycles. The number of aliphatic imine (C=N–C) groups is 1. The Morgan fingerprint density at radius 2 is 2.00 bits per heavy atom. The number of aromatic amines is 1. The second kappa shape index (κ2) is 10.2. The van der Waals surface area contributed by atoms with Crippen molar-refractivity contribution in [1.29, 1.82) is 0 Å². The number of rotatable bonds is 6. The molecule has 0 bridgehead atoms. The smallest absolute Gasteiger partial charge is 0.191 e. The quantitative estimate of drug-likeness (QED) is 0.295. The van der Waals surface area contributed by atoms with Crippen LogP contribution < -0.4 is 10.6 Å². The highest BCUT2D eigenvalue weighted by Gasteiger charge is 2.03. The van der Waals surface area contributed by atoms with Gasteiger partial charge in [-0.25, -0.2) is 4.98 Å². The summed E-state index contributed by atoms with van der Waals surface area (Å²) < 4.78 is 0. The summed E-state index contributed by atoms with van der Waals surface area (Å²) in [6.07, 6.45) is 4.17. The predicted octanol–water partition coefficient (Wildman–Crippen LogP) is 3.16. The van der Waals surface area contributed by atoms with Crippen LogP contribution in [-0.4, -0.2) is 29.5 Å². The maximum Gasteiger partial charge on any atom is 0.191 e. The lowest BCUT2D eigenvalue weighted by atomic mass is 10.2. The number of unbranched alkanes of at least 4 members (excludes halogenated alkanes) is 1. The van der Waals surface area contributed by atoms with Gasteiger partial charge >= 0.3 is 0 Å². The lowest BCUT2D eigenvalue weighted by Gasteiger charge is -2.10. The zero-order valence-electron chi connectivity index (χ0n) is 13.1. The van der Waals surface area contributed by atoms with Crippen molar-refractivity contribution in [3.8, 4) is 11.3 Å². The van der Waals surface area contributed by atoms with Crippen molar-refractivity contribution in [3.63, 3.8) is 0 Å². The van der Waals surface area contributed by atoms with Crippen molar-refractivity contribution in [2.24, 2.45) is 4.99 Å². The van der Waals surface area contributed by atoms with Crippen molar-refractivity contribution in [2.45, 2.75) is 26.3 Å². The summed E-state index contributed by atoms with van der Waals surface area (Å²) in [6.45, 7) is 3.73. The topological polar surface area (TPSA) is 65.1 Å². The van der Waals surface area contributed by atoms with Crippen LogP contribution in [-0.2, 0) is 6.54 Å². The number of hydrogen-bond donors (Lipinski definition) is 3. The normalized spacial score (nSPS) is 10.9. The Labute approximate surface area is 149 Å². The molecule has 0 aliphatic carbocycles. The van der Waals surface area contributed by atoms with Crippen LogP contribution in [0.3, 0.4) is 0 Å². The van der Waals surface area contributed by atoms with Crippen molar-refractivity contribution < 1.29 is 0 Å². The van der Waals surface area contributed by atoms with Gasteiger partial charge in [-0.1, -0.05) is 43.7 Å². The van der Waals surface area contributed by atoms with Gasteiger partial charge in [0.05, 0.1) is 18.4 Å². The third kappa shape index (κ3) is 5.67. The van der Waals surface area contributed by atoms with Crippen LogP contribution in [0, 0.1) is 0 Å². The van der Waals surface area contributed by atoms with E-state index in [0.29, 0.717) is 6.54 Å². The lowest BCUT2D eigenvalue weighted by Crippen LogP contribution is -2.37. The van der Waals surface area contributed by atoms with Crippen LogP contribution in [0.5, 0.6) is 0 Å². The summed E-state index contributed by atoms with van der Waals surface area (Å²) in [5.74, 6) is 1.70. The molecule has 2 rings (SSSR count). The monoisotopic (exact) mass is 413 g/mol. The zero-order valence-corrected chi connectivity index (χ0v) is 15.4. The van der Waals surface area contributed by atoms with Gasteiger partial charge in [0.2, 0.25) is 0 Å². The Balaban J connectivity index is 0.00000242. The summed E-state index contributed by atoms with van der Waals surface area (Å²) in [7, 11) is 1.78. The highest BCUT2D eigenvalue weighted by molar-refractivity contribution is 14.0. The molecule has 22 heavy (non-hydrogen) atoms. The standard InChI is InChI=1S/C16H23N5.HI/c1-3-4-10-18-16(17-2)20-12-15-19-11-14(21-15)13-8-6-5-7-9-13;/h5-9,11H,3-4,10,12H2,1-2H3,(H,19,21)(H2,17,18,20);1H. The first-order chi connectivity index (χ1) is 10.3. The summed E-state index contributed by atoms with van der Waals surface area (Å²) in [4.78, 5) is 11.9. The molecular formula is C16H24IN5. The maximum absolute atomic E-state index is 4.39. The van der Waals surface area contributed by atoms with E-state index in [0.717, 1.165) is 36.0 Å². The van der Waals surface area contributed by atoms with E-state index in [2.05, 4.69) is 44.7 Å². The van der Waals surface area contributed by atoms with E-state index in [1.54, 1.807) is 7.05 Å². The molecule has 0 aliphatic rings. The van der Waals surface area contributed by atoms with Crippen LogP contribution in [0.1, 0.15) is 25.6 Å². The number of nitrogens with one attached hydrogen (secondary N) is 3. The molecule has 1 heterocycles. The van der Waals surface area contributed by atoms with E-state index in [4.69, 9.17) is 0 Å². The third-order valence-corrected chi connectivity index (χ3v) is 3.18. The fourth-order valence-corrected chi connectivity index (χ4v) is 1.99. The van der Waals surface area contributed by atoms with Gasteiger partial charge in [-0.05, 0) is 12.0 Å². The molecular weight excluding hydrogens is 389 g/mol. The summed E-state index contributed by atoms with van der Waals surface area (Å²) in [5.41, 5.74) is 2.17. The highest BCUT2D eigenvalue weighted by Crippen LogP contribution is 2.15. The Morgan fingerprint density at radius 1 is 1.23 bits per heavy atom. The number of benzene rings is 1. The molecule has 0 saturated heterocycles. The van der Waals surface area contributed by atoms with E-state index in [1.165, 1.54) is 6.42 Å². The number of halogens is 1. The van der Waals surface area contributed by atoms with Gasteiger partial charge in [0, 0.05) is 13.6 Å².